The summed E-state index contributed by atoms with van der Waals surface area (Å²) in [5.41, 5.74) is -1.83. The average molecular weight is 369 g/mol. The average Bonchev–Trinajstić information content (AvgIpc) is 2.86. The summed E-state index contributed by atoms with van der Waals surface area (Å²) in [7, 11) is 0. The van der Waals surface area contributed by atoms with E-state index in [1.165, 1.54) is 0 Å². The van der Waals surface area contributed by atoms with Gasteiger partial charge in [0.25, 0.3) is 0 Å². The predicted molar refractivity (Wildman–Crippen MR) is 97.2 cm³/mol. The van der Waals surface area contributed by atoms with Gasteiger partial charge in [-0.15, -0.1) is 0 Å². The first-order valence-corrected chi connectivity index (χ1v) is 10.5. The topological polar surface area (TPSA) is 101 Å². The van der Waals surface area contributed by atoms with E-state index in [0.29, 0.717) is 24.7 Å². The molecule has 0 amide bonds. The van der Waals surface area contributed by atoms with Crippen molar-refractivity contribution in [3.63, 3.8) is 0 Å². The summed E-state index contributed by atoms with van der Waals surface area (Å²) >= 11 is 0. The molecule has 5 N–H and O–H groups in total. The summed E-state index contributed by atoms with van der Waals surface area (Å²) in [5.74, 6) is 1.29. The van der Waals surface area contributed by atoms with Gasteiger partial charge in [-0.2, -0.15) is 0 Å². The van der Waals surface area contributed by atoms with E-state index in [1.807, 2.05) is 6.92 Å². The van der Waals surface area contributed by atoms with Gasteiger partial charge in [-0.3, -0.25) is 0 Å². The second-order valence-electron chi connectivity index (χ2n) is 10.4. The maximum absolute atomic E-state index is 11.3. The first-order valence-electron chi connectivity index (χ1n) is 10.5. The molecule has 4 fully saturated rings. The number of hydrogen-bond donors (Lipinski definition) is 5. The number of aliphatic hydroxyl groups excluding tert-OH is 4. The molecule has 5 nitrogen and oxygen atoms in total. The van der Waals surface area contributed by atoms with Gasteiger partial charge in [0, 0.05) is 5.41 Å². The third kappa shape index (κ3) is 2.33. The van der Waals surface area contributed by atoms with Crippen LogP contribution in [0.5, 0.6) is 0 Å². The molecular formula is C21H36O5. The number of aliphatic hydroxyl groups is 5. The van der Waals surface area contributed by atoms with Crippen molar-refractivity contribution < 1.29 is 25.5 Å². The second kappa shape index (κ2) is 6.15. The van der Waals surface area contributed by atoms with E-state index >= 15 is 0 Å². The molecule has 4 aliphatic rings. The molecule has 4 rings (SSSR count). The summed E-state index contributed by atoms with van der Waals surface area (Å²) in [6, 6.07) is 0. The molecule has 0 aromatic carbocycles. The number of fused-ring (bicyclic) bond motifs is 5. The highest BCUT2D eigenvalue weighted by Crippen LogP contribution is 2.68. The molecule has 0 bridgehead atoms. The van der Waals surface area contributed by atoms with Crippen molar-refractivity contribution in [2.24, 2.45) is 34.5 Å². The van der Waals surface area contributed by atoms with E-state index in [2.05, 4.69) is 6.92 Å². The first kappa shape index (κ1) is 19.1. The minimum Gasteiger partial charge on any atom is -0.394 e. The third-order valence-electron chi connectivity index (χ3n) is 9.51. The lowest BCUT2D eigenvalue weighted by atomic mass is 9.43. The van der Waals surface area contributed by atoms with Crippen LogP contribution in [0.3, 0.4) is 0 Å². The molecule has 0 aromatic rings. The molecule has 0 radical (unpaired) electrons. The monoisotopic (exact) mass is 368 g/mol. The molecule has 150 valence electrons. The Balaban J connectivity index is 1.68. The SMILES string of the molecule is C[C@]12CCC(O)CC1CCC1C2C(O)C[C@@]2(C)C1CC[C@]2(O)C(O)CO. The molecule has 4 saturated carbocycles. The summed E-state index contributed by atoms with van der Waals surface area (Å²) < 4.78 is 0. The minimum atomic E-state index is -1.32. The molecule has 10 atom stereocenters. The highest BCUT2D eigenvalue weighted by molar-refractivity contribution is 5.17. The highest BCUT2D eigenvalue weighted by atomic mass is 16.4. The summed E-state index contributed by atoms with van der Waals surface area (Å²) in [6.07, 6.45) is 4.70. The Morgan fingerprint density at radius 3 is 2.46 bits per heavy atom. The predicted octanol–water partition coefficient (Wildman–Crippen LogP) is 1.45. The van der Waals surface area contributed by atoms with Crippen LogP contribution in [0.15, 0.2) is 0 Å². The van der Waals surface area contributed by atoms with Crippen LogP contribution in [0.1, 0.15) is 65.2 Å². The van der Waals surface area contributed by atoms with Crippen LogP contribution in [0.2, 0.25) is 0 Å². The van der Waals surface area contributed by atoms with Crippen molar-refractivity contribution in [2.75, 3.05) is 6.61 Å². The molecule has 4 aliphatic carbocycles. The summed E-state index contributed by atoms with van der Waals surface area (Å²) in [5, 5.41) is 52.5. The Bertz CT molecular complexity index is 555. The van der Waals surface area contributed by atoms with E-state index in [-0.39, 0.29) is 23.4 Å². The van der Waals surface area contributed by atoms with Crippen LogP contribution >= 0.6 is 0 Å². The molecule has 0 heterocycles. The fourth-order valence-corrected chi connectivity index (χ4v) is 8.10. The maximum Gasteiger partial charge on any atom is 0.106 e. The summed E-state index contributed by atoms with van der Waals surface area (Å²) in [6.45, 7) is 3.89. The van der Waals surface area contributed by atoms with E-state index < -0.39 is 29.8 Å². The van der Waals surface area contributed by atoms with Gasteiger partial charge < -0.3 is 25.5 Å². The zero-order valence-corrected chi connectivity index (χ0v) is 16.1. The Morgan fingerprint density at radius 1 is 1.04 bits per heavy atom. The molecule has 26 heavy (non-hydrogen) atoms. The lowest BCUT2D eigenvalue weighted by molar-refractivity contribution is -0.224. The second-order valence-corrected chi connectivity index (χ2v) is 10.4. The largest absolute Gasteiger partial charge is 0.394 e. The molecule has 0 spiro atoms. The zero-order chi connectivity index (χ0) is 18.9. The lowest BCUT2D eigenvalue weighted by Gasteiger charge is -2.63. The maximum atomic E-state index is 11.3. The van der Waals surface area contributed by atoms with Gasteiger partial charge >= 0.3 is 0 Å². The first-order chi connectivity index (χ1) is 12.2. The van der Waals surface area contributed by atoms with Crippen LogP contribution in [0.25, 0.3) is 0 Å². The van der Waals surface area contributed by atoms with E-state index in [0.717, 1.165) is 38.5 Å². The Labute approximate surface area is 156 Å². The van der Waals surface area contributed by atoms with Crippen molar-refractivity contribution >= 4 is 0 Å². The highest BCUT2D eigenvalue weighted by Gasteiger charge is 2.68. The molecule has 0 aromatic heterocycles. The van der Waals surface area contributed by atoms with Crippen molar-refractivity contribution in [3.05, 3.63) is 0 Å². The standard InChI is InChI=1S/C21H36O5/c1-19-7-5-13(23)9-12(19)3-4-14-15-6-8-21(26,17(25)11-22)20(15,2)10-16(24)18(14)19/h12-18,22-26H,3-11H2,1-2H3/t12?,13?,14?,15?,16?,17?,18?,19-,20-,21-/m0/s1. The van der Waals surface area contributed by atoms with Crippen LogP contribution in [0, 0.1) is 34.5 Å². The molecule has 5 heteroatoms. The van der Waals surface area contributed by atoms with Gasteiger partial charge in [0.15, 0.2) is 0 Å². The third-order valence-corrected chi connectivity index (χ3v) is 9.51. The fraction of sp³-hybridized carbons (Fsp3) is 1.00. The van der Waals surface area contributed by atoms with Gasteiger partial charge in [-0.05, 0) is 80.5 Å². The van der Waals surface area contributed by atoms with Gasteiger partial charge in [0.1, 0.15) is 6.10 Å². The van der Waals surface area contributed by atoms with Crippen molar-refractivity contribution in [2.45, 2.75) is 89.1 Å². The van der Waals surface area contributed by atoms with Gasteiger partial charge in [-0.25, -0.2) is 0 Å². The zero-order valence-electron chi connectivity index (χ0n) is 16.1. The van der Waals surface area contributed by atoms with E-state index in [4.69, 9.17) is 0 Å². The molecule has 7 unspecified atom stereocenters. The molecule has 0 aliphatic heterocycles. The Morgan fingerprint density at radius 2 is 1.77 bits per heavy atom. The smallest absolute Gasteiger partial charge is 0.106 e. The Kier molecular flexibility index (Phi) is 4.52. The van der Waals surface area contributed by atoms with Crippen molar-refractivity contribution in [1.82, 2.24) is 0 Å². The molecule has 0 saturated heterocycles. The number of rotatable bonds is 2. The van der Waals surface area contributed by atoms with Crippen LogP contribution in [-0.4, -0.2) is 56.1 Å². The van der Waals surface area contributed by atoms with Crippen molar-refractivity contribution in [3.8, 4) is 0 Å². The van der Waals surface area contributed by atoms with Gasteiger partial charge in [0.05, 0.1) is 24.4 Å². The van der Waals surface area contributed by atoms with Crippen LogP contribution in [-0.2, 0) is 0 Å². The van der Waals surface area contributed by atoms with Gasteiger partial charge in [0.2, 0.25) is 0 Å². The van der Waals surface area contributed by atoms with Gasteiger partial charge in [-0.1, -0.05) is 13.8 Å². The minimum absolute atomic E-state index is 0.0548. The summed E-state index contributed by atoms with van der Waals surface area (Å²) in [4.78, 5) is 0. The Hall–Kier alpha value is -0.200. The van der Waals surface area contributed by atoms with Crippen molar-refractivity contribution in [1.29, 1.82) is 0 Å². The van der Waals surface area contributed by atoms with E-state index in [9.17, 15) is 25.5 Å². The normalized spacial score (nSPS) is 57.8. The lowest BCUT2D eigenvalue weighted by Crippen LogP contribution is -2.64. The fourth-order valence-electron chi connectivity index (χ4n) is 8.10. The molecular weight excluding hydrogens is 332 g/mol. The van der Waals surface area contributed by atoms with E-state index in [1.54, 1.807) is 0 Å². The number of hydrogen-bond acceptors (Lipinski definition) is 5. The van der Waals surface area contributed by atoms with Crippen LogP contribution in [0.4, 0.5) is 0 Å². The van der Waals surface area contributed by atoms with Crippen LogP contribution < -0.4 is 0 Å². The quantitative estimate of drug-likeness (QED) is 0.508.